The van der Waals surface area contributed by atoms with Gasteiger partial charge < -0.3 is 9.64 Å². The summed E-state index contributed by atoms with van der Waals surface area (Å²) < 4.78 is 35.5. The van der Waals surface area contributed by atoms with Crippen molar-refractivity contribution in [3.05, 3.63) is 65.2 Å². The normalized spacial score (nSPS) is 18.0. The van der Waals surface area contributed by atoms with E-state index in [0.29, 0.717) is 23.6 Å². The molecule has 2 atom stereocenters. The van der Waals surface area contributed by atoms with Crippen LogP contribution in [0.4, 0.5) is 5.95 Å². The van der Waals surface area contributed by atoms with E-state index in [-0.39, 0.29) is 42.7 Å². The molecule has 0 radical (unpaired) electrons. The molecule has 9 heteroatoms. The Morgan fingerprint density at radius 3 is 2.42 bits per heavy atom. The van der Waals surface area contributed by atoms with E-state index in [1.807, 2.05) is 50.8 Å². The Kier molecular flexibility index (Phi) is 8.06. The van der Waals surface area contributed by atoms with Crippen LogP contribution in [0.25, 0.3) is 11.3 Å². The summed E-state index contributed by atoms with van der Waals surface area (Å²) >= 11 is 0. The van der Waals surface area contributed by atoms with E-state index in [2.05, 4.69) is 28.5 Å². The summed E-state index contributed by atoms with van der Waals surface area (Å²) in [5.41, 5.74) is 3.76. The number of benzene rings is 2. The van der Waals surface area contributed by atoms with Crippen molar-refractivity contribution in [3.8, 4) is 17.1 Å². The van der Waals surface area contributed by atoms with Crippen LogP contribution in [0.2, 0.25) is 0 Å². The number of anilines is 1. The topological polar surface area (TPSA) is 101 Å². The van der Waals surface area contributed by atoms with Gasteiger partial charge in [0.25, 0.3) is 15.9 Å². The average molecular weight is 539 g/mol. The zero-order valence-corrected chi connectivity index (χ0v) is 23.7. The molecule has 38 heavy (non-hydrogen) atoms. The van der Waals surface area contributed by atoms with Gasteiger partial charge in [0.05, 0.1) is 16.6 Å². The Bertz CT molecular complexity index is 1420. The van der Waals surface area contributed by atoms with Gasteiger partial charge in [0.1, 0.15) is 6.61 Å². The summed E-state index contributed by atoms with van der Waals surface area (Å²) in [6.07, 6.45) is 1.46. The first-order chi connectivity index (χ1) is 18.0. The van der Waals surface area contributed by atoms with Gasteiger partial charge in [0.15, 0.2) is 0 Å². The van der Waals surface area contributed by atoms with E-state index in [1.54, 1.807) is 18.2 Å². The molecule has 8 nitrogen and oxygen atoms in total. The van der Waals surface area contributed by atoms with Crippen molar-refractivity contribution in [1.82, 2.24) is 14.9 Å². The van der Waals surface area contributed by atoms with Gasteiger partial charge >= 0.3 is 0 Å². The molecule has 1 aliphatic heterocycles. The highest BCUT2D eigenvalue weighted by Crippen LogP contribution is 2.30. The Morgan fingerprint density at radius 2 is 1.76 bits per heavy atom. The first kappa shape index (κ1) is 27.6. The van der Waals surface area contributed by atoms with Gasteiger partial charge in [-0.1, -0.05) is 45.0 Å². The molecule has 0 aliphatic carbocycles. The number of aryl methyl sites for hydroxylation is 2. The van der Waals surface area contributed by atoms with E-state index >= 15 is 0 Å². The summed E-state index contributed by atoms with van der Waals surface area (Å²) in [6, 6.07) is 13.5. The second-order valence-electron chi connectivity index (χ2n) is 10.4. The molecule has 1 aliphatic rings. The number of rotatable bonds is 5. The molecule has 4 bridgehead atoms. The first-order valence-corrected chi connectivity index (χ1v) is 14.5. The molecule has 0 spiro atoms. The molecule has 204 valence electrons. The fourth-order valence-corrected chi connectivity index (χ4v) is 5.92. The summed E-state index contributed by atoms with van der Waals surface area (Å²) in [5, 5.41) is 0. The van der Waals surface area contributed by atoms with E-state index < -0.39 is 10.0 Å². The summed E-state index contributed by atoms with van der Waals surface area (Å²) in [5.74, 6) is 0.235. The summed E-state index contributed by atoms with van der Waals surface area (Å²) in [6.45, 7) is 12.4. The Balaban J connectivity index is 0.00000420. The molecule has 1 unspecified atom stereocenters. The SMILES string of the molecule is CCC(C)N1C(=O)c2cccc(c2)S(=O)(=O)Nc2nc(cc(-c3c(C)cccc3C)n2)OC[C@H]1CC(C)C.[HH]. The van der Waals surface area contributed by atoms with Crippen molar-refractivity contribution in [2.24, 2.45) is 5.92 Å². The molecule has 1 amide bonds. The average Bonchev–Trinajstić information content (AvgIpc) is 2.86. The molecule has 0 saturated carbocycles. The Hall–Kier alpha value is -3.46. The number of sulfonamides is 1. The molecular formula is C29H38N4O4S. The van der Waals surface area contributed by atoms with E-state index in [4.69, 9.17) is 4.74 Å². The zero-order chi connectivity index (χ0) is 27.6. The minimum atomic E-state index is -4.08. The van der Waals surface area contributed by atoms with Gasteiger partial charge in [0.2, 0.25) is 11.8 Å². The first-order valence-electron chi connectivity index (χ1n) is 13.0. The predicted molar refractivity (Wildman–Crippen MR) is 151 cm³/mol. The van der Waals surface area contributed by atoms with E-state index in [9.17, 15) is 13.2 Å². The number of ether oxygens (including phenoxy) is 1. The highest BCUT2D eigenvalue weighted by molar-refractivity contribution is 7.92. The quantitative estimate of drug-likeness (QED) is 0.437. The van der Waals surface area contributed by atoms with Crippen molar-refractivity contribution >= 4 is 21.9 Å². The number of fused-ring (bicyclic) bond motifs is 4. The molecule has 0 fully saturated rings. The molecule has 1 aromatic heterocycles. The molecule has 1 N–H and O–H groups in total. The van der Waals surface area contributed by atoms with Crippen LogP contribution >= 0.6 is 0 Å². The highest BCUT2D eigenvalue weighted by Gasteiger charge is 2.31. The van der Waals surface area contributed by atoms with Crippen LogP contribution in [0.5, 0.6) is 5.88 Å². The number of carbonyl (C=O) groups excluding carboxylic acids is 1. The van der Waals surface area contributed by atoms with Gasteiger partial charge in [-0.05, 0) is 68.9 Å². The van der Waals surface area contributed by atoms with Crippen LogP contribution in [0.3, 0.4) is 0 Å². The zero-order valence-electron chi connectivity index (χ0n) is 22.9. The molecule has 4 rings (SSSR count). The number of nitrogens with zero attached hydrogens (tertiary/aromatic N) is 3. The molecule has 0 saturated heterocycles. The number of hydrogen-bond donors (Lipinski definition) is 1. The lowest BCUT2D eigenvalue weighted by atomic mass is 9.99. The van der Waals surface area contributed by atoms with E-state index in [0.717, 1.165) is 23.1 Å². The van der Waals surface area contributed by atoms with Gasteiger partial charge in [-0.25, -0.2) is 18.1 Å². The Morgan fingerprint density at radius 1 is 1.08 bits per heavy atom. The van der Waals surface area contributed by atoms with Crippen molar-refractivity contribution in [2.75, 3.05) is 11.3 Å². The number of amides is 1. The maximum atomic E-state index is 13.8. The third-order valence-corrected chi connectivity index (χ3v) is 8.24. The smallest absolute Gasteiger partial charge is 0.264 e. The molecule has 2 heterocycles. The van der Waals surface area contributed by atoms with Gasteiger partial charge in [-0.15, -0.1) is 0 Å². The van der Waals surface area contributed by atoms with Crippen LogP contribution in [0.1, 0.15) is 63.4 Å². The van der Waals surface area contributed by atoms with Crippen molar-refractivity contribution in [1.29, 1.82) is 0 Å². The second-order valence-corrected chi connectivity index (χ2v) is 12.1. The largest absolute Gasteiger partial charge is 0.475 e. The van der Waals surface area contributed by atoms with Gasteiger partial charge in [0, 0.05) is 24.7 Å². The van der Waals surface area contributed by atoms with Crippen LogP contribution in [-0.2, 0) is 10.0 Å². The summed E-state index contributed by atoms with van der Waals surface area (Å²) in [7, 11) is -4.08. The van der Waals surface area contributed by atoms with Crippen molar-refractivity contribution in [2.45, 2.75) is 71.4 Å². The third kappa shape index (κ3) is 5.83. The lowest BCUT2D eigenvalue weighted by Gasteiger charge is -2.37. The minimum Gasteiger partial charge on any atom is -0.475 e. The molecule has 3 aromatic rings. The Labute approximate surface area is 227 Å². The monoisotopic (exact) mass is 538 g/mol. The molecule has 2 aromatic carbocycles. The maximum absolute atomic E-state index is 13.8. The van der Waals surface area contributed by atoms with Gasteiger partial charge in [-0.3, -0.25) is 4.79 Å². The molecular weight excluding hydrogens is 500 g/mol. The van der Waals surface area contributed by atoms with Crippen molar-refractivity contribution in [3.63, 3.8) is 0 Å². The minimum absolute atomic E-state index is 0. The lowest BCUT2D eigenvalue weighted by Crippen LogP contribution is -2.49. The fraction of sp³-hybridized carbons (Fsp3) is 0.414. The second kappa shape index (κ2) is 11.1. The standard InChI is InChI=1S/C29H36N4O4S.H2/c1-7-21(6)33-23(14-18(2)3)17-37-26-16-25(27-19(4)10-8-11-20(27)5)30-29(31-26)32-38(35,36)24-13-9-12-22(15-24)28(33)34;/h8-13,15-16,18,21,23H,7,14,17H2,1-6H3,(H,30,31,32);1H/t21?,23-;/m1./s1. The highest BCUT2D eigenvalue weighted by atomic mass is 32.2. The van der Waals surface area contributed by atoms with Crippen LogP contribution in [0.15, 0.2) is 53.4 Å². The van der Waals surface area contributed by atoms with E-state index in [1.165, 1.54) is 12.1 Å². The van der Waals surface area contributed by atoms with Crippen LogP contribution < -0.4 is 9.46 Å². The predicted octanol–water partition coefficient (Wildman–Crippen LogP) is 5.86. The number of carbonyl (C=O) groups is 1. The third-order valence-electron chi connectivity index (χ3n) is 6.92. The van der Waals surface area contributed by atoms with Crippen molar-refractivity contribution < 1.29 is 19.4 Å². The van der Waals surface area contributed by atoms with Crippen LogP contribution in [-0.4, -0.2) is 47.9 Å². The summed E-state index contributed by atoms with van der Waals surface area (Å²) in [4.78, 5) is 24.6. The lowest BCUT2D eigenvalue weighted by molar-refractivity contribution is 0.0458. The number of hydrogen-bond acceptors (Lipinski definition) is 6. The van der Waals surface area contributed by atoms with Gasteiger partial charge in [-0.2, -0.15) is 4.98 Å². The number of nitrogens with one attached hydrogen (secondary N) is 1. The maximum Gasteiger partial charge on any atom is 0.264 e. The number of aromatic nitrogens is 2. The van der Waals surface area contributed by atoms with Crippen LogP contribution in [0, 0.1) is 19.8 Å². The fourth-order valence-electron chi connectivity index (χ4n) is 4.93.